The summed E-state index contributed by atoms with van der Waals surface area (Å²) < 4.78 is 0. The number of hydrogen-bond acceptors (Lipinski definition) is 0. The molecule has 3 aromatic carbocycles. The van der Waals surface area contributed by atoms with Crippen LogP contribution >= 0.6 is 0 Å². The number of aryl methyl sites for hydroxylation is 1. The number of allylic oxidation sites excluding steroid dienone is 2. The molecule has 0 N–H and O–H groups in total. The normalized spacial score (nSPS) is 18.1. The third-order valence-electron chi connectivity index (χ3n) is 6.13. The van der Waals surface area contributed by atoms with Gasteiger partial charge in [-0.05, 0) is 59.1 Å². The Labute approximate surface area is 156 Å². The number of hydrogen-bond donors (Lipinski definition) is 0. The van der Waals surface area contributed by atoms with Crippen LogP contribution in [0.2, 0.25) is 0 Å². The molecule has 0 bridgehead atoms. The quantitative estimate of drug-likeness (QED) is 0.456. The predicted octanol–water partition coefficient (Wildman–Crippen LogP) is 6.87. The summed E-state index contributed by atoms with van der Waals surface area (Å²) in [7, 11) is 0. The Bertz CT molecular complexity index is 918. The highest BCUT2D eigenvalue weighted by Crippen LogP contribution is 2.46. The van der Waals surface area contributed by atoms with E-state index in [9.17, 15) is 0 Å². The van der Waals surface area contributed by atoms with Crippen molar-refractivity contribution in [2.24, 2.45) is 0 Å². The highest BCUT2D eigenvalue weighted by Gasteiger charge is 2.28. The van der Waals surface area contributed by atoms with E-state index < -0.39 is 0 Å². The fourth-order valence-electron chi connectivity index (χ4n) is 4.89. The van der Waals surface area contributed by atoms with Crippen molar-refractivity contribution in [2.75, 3.05) is 0 Å². The van der Waals surface area contributed by atoms with E-state index in [0.29, 0.717) is 11.8 Å². The summed E-state index contributed by atoms with van der Waals surface area (Å²) in [5, 5.41) is 0. The van der Waals surface area contributed by atoms with E-state index in [0.717, 1.165) is 6.42 Å². The fourth-order valence-corrected chi connectivity index (χ4v) is 4.89. The fraction of sp³-hybridized carbons (Fsp3) is 0.231. The number of benzene rings is 3. The zero-order chi connectivity index (χ0) is 17.3. The minimum Gasteiger partial charge on any atom is -0.0879 e. The van der Waals surface area contributed by atoms with Crippen molar-refractivity contribution in [1.29, 1.82) is 0 Å². The van der Waals surface area contributed by atoms with Gasteiger partial charge in [-0.2, -0.15) is 0 Å². The lowest BCUT2D eigenvalue weighted by Gasteiger charge is -2.17. The van der Waals surface area contributed by atoms with Crippen LogP contribution in [-0.2, 0) is 6.42 Å². The summed E-state index contributed by atoms with van der Waals surface area (Å²) >= 11 is 0. The molecule has 2 aliphatic carbocycles. The zero-order valence-corrected chi connectivity index (χ0v) is 15.1. The number of fused-ring (bicyclic) bond motifs is 3. The molecule has 0 amide bonds. The van der Waals surface area contributed by atoms with E-state index in [1.807, 2.05) is 0 Å². The molecule has 0 saturated heterocycles. The van der Waals surface area contributed by atoms with E-state index in [1.165, 1.54) is 47.1 Å². The van der Waals surface area contributed by atoms with Crippen LogP contribution in [0.3, 0.4) is 0 Å². The average molecular weight is 336 g/mol. The first-order valence-electron chi connectivity index (χ1n) is 9.84. The van der Waals surface area contributed by atoms with Crippen LogP contribution in [0.25, 0.3) is 11.1 Å². The molecule has 128 valence electrons. The molecule has 0 heteroatoms. The van der Waals surface area contributed by atoms with E-state index in [1.54, 1.807) is 5.56 Å². The molecule has 0 aromatic heterocycles. The van der Waals surface area contributed by atoms with Crippen LogP contribution in [0.15, 0.2) is 84.9 Å². The molecule has 0 fully saturated rings. The molecule has 0 aliphatic heterocycles. The lowest BCUT2D eigenvalue weighted by molar-refractivity contribution is 0.713. The third-order valence-corrected chi connectivity index (χ3v) is 6.13. The summed E-state index contributed by atoms with van der Waals surface area (Å²) in [6.07, 6.45) is 9.56. The highest BCUT2D eigenvalue weighted by atomic mass is 14.3. The van der Waals surface area contributed by atoms with Gasteiger partial charge in [0, 0.05) is 11.8 Å². The summed E-state index contributed by atoms with van der Waals surface area (Å²) in [4.78, 5) is 0. The summed E-state index contributed by atoms with van der Waals surface area (Å²) in [5.74, 6) is 1.14. The van der Waals surface area contributed by atoms with E-state index in [4.69, 9.17) is 0 Å². The molecule has 2 aliphatic rings. The van der Waals surface area contributed by atoms with Gasteiger partial charge in [-0.1, -0.05) is 84.9 Å². The van der Waals surface area contributed by atoms with Gasteiger partial charge in [0.25, 0.3) is 0 Å². The molecule has 0 radical (unpaired) electrons. The maximum atomic E-state index is 2.40. The summed E-state index contributed by atoms with van der Waals surface area (Å²) in [6.45, 7) is 0. The van der Waals surface area contributed by atoms with Gasteiger partial charge in [-0.3, -0.25) is 0 Å². The largest absolute Gasteiger partial charge is 0.0879 e. The van der Waals surface area contributed by atoms with Crippen LogP contribution in [0.1, 0.15) is 53.4 Å². The lowest BCUT2D eigenvalue weighted by atomic mass is 9.87. The molecule has 3 aromatic rings. The topological polar surface area (TPSA) is 0 Å². The first kappa shape index (κ1) is 15.6. The standard InChI is InChI=1S/C26H24/c1-2-10-19(9-1)21-12-4-3-11-20(21)17-18-26-24-15-7-5-13-22(24)23-14-6-8-16-25(23)26/h1,3-9,11-16,19,26H,2,10,17-18H2. The zero-order valence-electron chi connectivity index (χ0n) is 15.1. The third kappa shape index (κ3) is 2.61. The lowest BCUT2D eigenvalue weighted by Crippen LogP contribution is -2.03. The van der Waals surface area contributed by atoms with E-state index in [-0.39, 0.29) is 0 Å². The Morgan fingerprint density at radius 3 is 1.96 bits per heavy atom. The Morgan fingerprint density at radius 1 is 0.692 bits per heavy atom. The second-order valence-corrected chi connectivity index (χ2v) is 7.58. The molecule has 1 unspecified atom stereocenters. The SMILES string of the molecule is C1=CC(c2ccccc2CCC2c3ccccc3-c3ccccc32)CC1. The first-order valence-corrected chi connectivity index (χ1v) is 9.84. The van der Waals surface area contributed by atoms with Crippen molar-refractivity contribution in [1.82, 2.24) is 0 Å². The Morgan fingerprint density at radius 2 is 1.31 bits per heavy atom. The predicted molar refractivity (Wildman–Crippen MR) is 110 cm³/mol. The smallest absolute Gasteiger partial charge is 0.0105 e. The molecule has 26 heavy (non-hydrogen) atoms. The molecular weight excluding hydrogens is 312 g/mol. The minimum atomic E-state index is 0.523. The molecule has 5 rings (SSSR count). The maximum Gasteiger partial charge on any atom is 0.0105 e. The van der Waals surface area contributed by atoms with Gasteiger partial charge in [0.2, 0.25) is 0 Å². The van der Waals surface area contributed by atoms with Crippen LogP contribution in [0.5, 0.6) is 0 Å². The minimum absolute atomic E-state index is 0.523. The molecule has 0 heterocycles. The second-order valence-electron chi connectivity index (χ2n) is 7.58. The van der Waals surface area contributed by atoms with Gasteiger partial charge in [0.05, 0.1) is 0 Å². The molecule has 0 nitrogen and oxygen atoms in total. The first-order chi connectivity index (χ1) is 12.9. The van der Waals surface area contributed by atoms with Crippen molar-refractivity contribution >= 4 is 0 Å². The Kier molecular flexibility index (Phi) is 3.97. The van der Waals surface area contributed by atoms with Gasteiger partial charge in [-0.25, -0.2) is 0 Å². The van der Waals surface area contributed by atoms with Crippen molar-refractivity contribution in [3.05, 3.63) is 107 Å². The van der Waals surface area contributed by atoms with Crippen molar-refractivity contribution in [2.45, 2.75) is 37.5 Å². The van der Waals surface area contributed by atoms with Crippen molar-refractivity contribution < 1.29 is 0 Å². The van der Waals surface area contributed by atoms with Gasteiger partial charge in [0.1, 0.15) is 0 Å². The second kappa shape index (κ2) is 6.61. The van der Waals surface area contributed by atoms with Gasteiger partial charge < -0.3 is 0 Å². The number of rotatable bonds is 4. The van der Waals surface area contributed by atoms with Crippen LogP contribution in [-0.4, -0.2) is 0 Å². The van der Waals surface area contributed by atoms with Gasteiger partial charge in [-0.15, -0.1) is 0 Å². The van der Waals surface area contributed by atoms with Crippen molar-refractivity contribution in [3.63, 3.8) is 0 Å². The summed E-state index contributed by atoms with van der Waals surface area (Å²) in [5.41, 5.74) is 8.95. The summed E-state index contributed by atoms with van der Waals surface area (Å²) in [6, 6.07) is 27.0. The Hall–Kier alpha value is -2.60. The van der Waals surface area contributed by atoms with E-state index in [2.05, 4.69) is 84.9 Å². The van der Waals surface area contributed by atoms with E-state index >= 15 is 0 Å². The van der Waals surface area contributed by atoms with Crippen molar-refractivity contribution in [3.8, 4) is 11.1 Å². The van der Waals surface area contributed by atoms with Crippen LogP contribution < -0.4 is 0 Å². The molecule has 1 atom stereocenters. The van der Waals surface area contributed by atoms with Gasteiger partial charge in [0.15, 0.2) is 0 Å². The monoisotopic (exact) mass is 336 g/mol. The molecule has 0 saturated carbocycles. The Balaban J connectivity index is 1.46. The van der Waals surface area contributed by atoms with Crippen LogP contribution in [0, 0.1) is 0 Å². The average Bonchev–Trinajstić information content (AvgIpc) is 3.34. The maximum absolute atomic E-state index is 2.40. The molecular formula is C26H24. The van der Waals surface area contributed by atoms with Gasteiger partial charge >= 0.3 is 0 Å². The molecule has 0 spiro atoms. The highest BCUT2D eigenvalue weighted by molar-refractivity contribution is 5.78. The van der Waals surface area contributed by atoms with Crippen LogP contribution in [0.4, 0.5) is 0 Å².